The Morgan fingerprint density at radius 2 is 1.73 bits per heavy atom. The van der Waals surface area contributed by atoms with E-state index in [9.17, 15) is 14.4 Å². The summed E-state index contributed by atoms with van der Waals surface area (Å²) in [6.07, 6.45) is 3.25. The van der Waals surface area contributed by atoms with E-state index in [2.05, 4.69) is 36.9 Å². The Balaban J connectivity index is 1.42. The van der Waals surface area contributed by atoms with E-state index < -0.39 is 5.91 Å². The highest BCUT2D eigenvalue weighted by atomic mass is 79.9. The van der Waals surface area contributed by atoms with Crippen molar-refractivity contribution in [3.63, 3.8) is 0 Å². The summed E-state index contributed by atoms with van der Waals surface area (Å²) in [5.41, 5.74) is 1.84. The Morgan fingerprint density at radius 1 is 0.946 bits per heavy atom. The lowest BCUT2D eigenvalue weighted by molar-refractivity contribution is -0.114. The Kier molecular flexibility index (Phi) is 9.25. The van der Waals surface area contributed by atoms with Gasteiger partial charge in [0.25, 0.3) is 11.8 Å². The molecule has 7 nitrogen and oxygen atoms in total. The van der Waals surface area contributed by atoms with Gasteiger partial charge in [0.1, 0.15) is 5.70 Å². The third-order valence-electron chi connectivity index (χ3n) is 4.85. The van der Waals surface area contributed by atoms with Crippen LogP contribution >= 0.6 is 39.0 Å². The van der Waals surface area contributed by atoms with E-state index in [0.717, 1.165) is 14.9 Å². The van der Waals surface area contributed by atoms with E-state index in [1.807, 2.05) is 42.5 Å². The van der Waals surface area contributed by atoms with Crippen LogP contribution in [0.15, 0.2) is 106 Å². The fraction of sp³-hybridized carbons (Fsp3) is 0.0370. The summed E-state index contributed by atoms with van der Waals surface area (Å²) < 4.78 is 0.851. The second-order valence-corrected chi connectivity index (χ2v) is 10.4. The SMILES string of the molecule is O=C(CSc1ccc(NC(=O)/C(=C/c2cccc(Br)c2)NC(=O)c2ccccc2)cc1)Nc1nccs1. The summed E-state index contributed by atoms with van der Waals surface area (Å²) >= 11 is 6.16. The predicted molar refractivity (Wildman–Crippen MR) is 153 cm³/mol. The van der Waals surface area contributed by atoms with E-state index in [1.165, 1.54) is 23.1 Å². The number of benzene rings is 3. The number of nitrogens with zero attached hydrogens (tertiary/aromatic N) is 1. The standard InChI is InChI=1S/C27H21BrN4O3S2/c28-20-8-4-5-18(15-20)16-23(31-25(34)19-6-2-1-3-7-19)26(35)30-21-9-11-22(12-10-21)37-17-24(33)32-27-29-13-14-36-27/h1-16H,17H2,(H,30,35)(H,31,34)(H,29,32,33)/b23-16-. The fourth-order valence-electron chi connectivity index (χ4n) is 3.13. The molecule has 0 aliphatic rings. The number of carbonyl (C=O) groups is 3. The first kappa shape index (κ1) is 26.3. The van der Waals surface area contributed by atoms with Crippen molar-refractivity contribution in [1.82, 2.24) is 10.3 Å². The average molecular weight is 594 g/mol. The van der Waals surface area contributed by atoms with Crippen molar-refractivity contribution in [3.8, 4) is 0 Å². The van der Waals surface area contributed by atoms with Crippen LogP contribution in [0.3, 0.4) is 0 Å². The molecule has 3 amide bonds. The van der Waals surface area contributed by atoms with Crippen LogP contribution < -0.4 is 16.0 Å². The number of thiazole rings is 1. The van der Waals surface area contributed by atoms with Gasteiger partial charge < -0.3 is 16.0 Å². The average Bonchev–Trinajstić information content (AvgIpc) is 3.41. The van der Waals surface area contributed by atoms with Gasteiger partial charge >= 0.3 is 0 Å². The van der Waals surface area contributed by atoms with Crippen molar-refractivity contribution < 1.29 is 14.4 Å². The van der Waals surface area contributed by atoms with Crippen LogP contribution in [0.4, 0.5) is 10.8 Å². The Labute approximate surface area is 230 Å². The number of halogens is 1. The number of hydrogen-bond donors (Lipinski definition) is 3. The molecule has 4 rings (SSSR count). The molecule has 3 aromatic carbocycles. The zero-order valence-corrected chi connectivity index (χ0v) is 22.5. The molecule has 0 aliphatic carbocycles. The highest BCUT2D eigenvalue weighted by Gasteiger charge is 2.15. The van der Waals surface area contributed by atoms with Crippen LogP contribution in [0.25, 0.3) is 6.08 Å². The summed E-state index contributed by atoms with van der Waals surface area (Å²) in [6.45, 7) is 0. The van der Waals surface area contributed by atoms with Gasteiger partial charge in [-0.1, -0.05) is 46.3 Å². The topological polar surface area (TPSA) is 100 Å². The van der Waals surface area contributed by atoms with E-state index in [0.29, 0.717) is 16.4 Å². The molecule has 0 radical (unpaired) electrons. The Bertz CT molecular complexity index is 1410. The molecule has 0 spiro atoms. The van der Waals surface area contributed by atoms with E-state index in [1.54, 1.807) is 54.1 Å². The van der Waals surface area contributed by atoms with Crippen molar-refractivity contribution in [2.75, 3.05) is 16.4 Å². The lowest BCUT2D eigenvalue weighted by atomic mass is 10.1. The maximum atomic E-state index is 13.2. The molecule has 0 saturated heterocycles. The maximum absolute atomic E-state index is 13.2. The summed E-state index contributed by atoms with van der Waals surface area (Å²) in [4.78, 5) is 42.9. The van der Waals surface area contributed by atoms with Crippen molar-refractivity contribution >= 4 is 73.6 Å². The first-order chi connectivity index (χ1) is 18.0. The number of amides is 3. The lowest BCUT2D eigenvalue weighted by Gasteiger charge is -2.12. The van der Waals surface area contributed by atoms with Crippen molar-refractivity contribution in [1.29, 1.82) is 0 Å². The molecule has 1 heterocycles. The van der Waals surface area contributed by atoms with Crippen LogP contribution in [-0.2, 0) is 9.59 Å². The quantitative estimate of drug-likeness (QED) is 0.162. The molecule has 10 heteroatoms. The van der Waals surface area contributed by atoms with E-state index in [4.69, 9.17) is 0 Å². The minimum absolute atomic E-state index is 0.101. The number of anilines is 2. The number of rotatable bonds is 9. The zero-order valence-electron chi connectivity index (χ0n) is 19.3. The number of nitrogens with one attached hydrogen (secondary N) is 3. The highest BCUT2D eigenvalue weighted by Crippen LogP contribution is 2.22. The van der Waals surface area contributed by atoms with Gasteiger partial charge in [-0.15, -0.1) is 23.1 Å². The molecule has 3 N–H and O–H groups in total. The van der Waals surface area contributed by atoms with Gasteiger partial charge in [0.05, 0.1) is 5.75 Å². The summed E-state index contributed by atoms with van der Waals surface area (Å²) in [5, 5.41) is 10.7. The fourth-order valence-corrected chi connectivity index (χ4v) is 4.79. The Hall–Kier alpha value is -3.73. The van der Waals surface area contributed by atoms with Gasteiger partial charge in [0.2, 0.25) is 5.91 Å². The first-order valence-corrected chi connectivity index (χ1v) is 13.7. The van der Waals surface area contributed by atoms with Gasteiger partial charge in [-0.3, -0.25) is 14.4 Å². The molecule has 0 aliphatic heterocycles. The van der Waals surface area contributed by atoms with E-state index in [-0.39, 0.29) is 23.3 Å². The number of hydrogen-bond acceptors (Lipinski definition) is 6. The van der Waals surface area contributed by atoms with Gasteiger partial charge in [-0.2, -0.15) is 0 Å². The molecule has 0 bridgehead atoms. The van der Waals surface area contributed by atoms with Gasteiger partial charge in [0.15, 0.2) is 5.13 Å². The van der Waals surface area contributed by atoms with Crippen LogP contribution in [0.2, 0.25) is 0 Å². The third-order valence-corrected chi connectivity index (χ3v) is 7.04. The summed E-state index contributed by atoms with van der Waals surface area (Å²) in [7, 11) is 0. The molecule has 0 fully saturated rings. The van der Waals surface area contributed by atoms with Gasteiger partial charge in [-0.25, -0.2) is 4.98 Å². The molecule has 37 heavy (non-hydrogen) atoms. The van der Waals surface area contributed by atoms with Crippen LogP contribution in [0.5, 0.6) is 0 Å². The molecule has 0 saturated carbocycles. The number of thioether (sulfide) groups is 1. The van der Waals surface area contributed by atoms with Crippen molar-refractivity contribution in [3.05, 3.63) is 112 Å². The van der Waals surface area contributed by atoms with Crippen molar-refractivity contribution in [2.24, 2.45) is 0 Å². The third kappa shape index (κ3) is 8.14. The Morgan fingerprint density at radius 3 is 2.43 bits per heavy atom. The molecule has 4 aromatic rings. The first-order valence-electron chi connectivity index (χ1n) is 11.0. The predicted octanol–water partition coefficient (Wildman–Crippen LogP) is 6.05. The normalized spacial score (nSPS) is 11.0. The highest BCUT2D eigenvalue weighted by molar-refractivity contribution is 9.10. The zero-order chi connectivity index (χ0) is 26.0. The summed E-state index contributed by atoms with van der Waals surface area (Å²) in [6, 6.07) is 23.2. The minimum atomic E-state index is -0.465. The number of aromatic nitrogens is 1. The van der Waals surface area contributed by atoms with Crippen LogP contribution in [0.1, 0.15) is 15.9 Å². The summed E-state index contributed by atoms with van der Waals surface area (Å²) in [5.74, 6) is -0.767. The van der Waals surface area contributed by atoms with Gasteiger partial charge in [0, 0.05) is 32.2 Å². The maximum Gasteiger partial charge on any atom is 0.272 e. The number of carbonyl (C=O) groups excluding carboxylic acids is 3. The van der Waals surface area contributed by atoms with Crippen LogP contribution in [-0.4, -0.2) is 28.5 Å². The largest absolute Gasteiger partial charge is 0.321 e. The second-order valence-electron chi connectivity index (χ2n) is 7.59. The molecule has 1 aromatic heterocycles. The van der Waals surface area contributed by atoms with Crippen LogP contribution in [0, 0.1) is 0 Å². The monoisotopic (exact) mass is 592 g/mol. The molecule has 0 unspecified atom stereocenters. The lowest BCUT2D eigenvalue weighted by Crippen LogP contribution is -2.30. The molecular weight excluding hydrogens is 572 g/mol. The van der Waals surface area contributed by atoms with Crippen molar-refractivity contribution in [2.45, 2.75) is 4.90 Å². The molecular formula is C27H21BrN4O3S2. The van der Waals surface area contributed by atoms with E-state index >= 15 is 0 Å². The second kappa shape index (κ2) is 13.0. The minimum Gasteiger partial charge on any atom is -0.321 e. The van der Waals surface area contributed by atoms with Gasteiger partial charge in [-0.05, 0) is 60.2 Å². The smallest absolute Gasteiger partial charge is 0.272 e. The molecule has 0 atom stereocenters. The molecule has 186 valence electrons.